The van der Waals surface area contributed by atoms with Crippen LogP contribution in [0.25, 0.3) is 0 Å². The molecule has 3 aromatic rings. The van der Waals surface area contributed by atoms with Gasteiger partial charge in [0.15, 0.2) is 0 Å². The second-order valence-corrected chi connectivity index (χ2v) is 8.41. The van der Waals surface area contributed by atoms with Gasteiger partial charge in [0.05, 0.1) is 4.90 Å². The van der Waals surface area contributed by atoms with Crippen LogP contribution in [0, 0.1) is 6.92 Å². The molecule has 2 aromatic carbocycles. The van der Waals surface area contributed by atoms with Crippen LogP contribution in [0.4, 0.5) is 0 Å². The van der Waals surface area contributed by atoms with Gasteiger partial charge < -0.3 is 5.32 Å². The summed E-state index contributed by atoms with van der Waals surface area (Å²) < 4.78 is 27.0. The maximum atomic E-state index is 12.6. The van der Waals surface area contributed by atoms with Crippen LogP contribution in [0.1, 0.15) is 11.1 Å². The minimum absolute atomic E-state index is 0.00104. The van der Waals surface area contributed by atoms with Crippen LogP contribution in [-0.4, -0.2) is 22.9 Å². The Kier molecular flexibility index (Phi) is 5.71. The average Bonchev–Trinajstić information content (AvgIpc) is 3.02. The van der Waals surface area contributed by atoms with Crippen molar-refractivity contribution in [1.82, 2.24) is 13.9 Å². The number of carbonyl (C=O) groups is 1. The van der Waals surface area contributed by atoms with Crippen LogP contribution < -0.4 is 11.0 Å². The molecule has 3 rings (SSSR count). The van der Waals surface area contributed by atoms with E-state index in [0.29, 0.717) is 9.00 Å². The Morgan fingerprint density at radius 1 is 1.07 bits per heavy atom. The molecule has 0 radical (unpaired) electrons. The summed E-state index contributed by atoms with van der Waals surface area (Å²) in [4.78, 5) is 24.6. The number of carbonyl (C=O) groups excluding carboxylic acids is 1. The summed E-state index contributed by atoms with van der Waals surface area (Å²) in [5, 5.41) is 3.18. The first-order valence-corrected chi connectivity index (χ1v) is 10.2. The van der Waals surface area contributed by atoms with Gasteiger partial charge in [-0.15, -0.1) is 0 Å². The van der Waals surface area contributed by atoms with E-state index in [-0.39, 0.29) is 18.0 Å². The molecule has 28 heavy (non-hydrogen) atoms. The van der Waals surface area contributed by atoms with Crippen LogP contribution in [-0.2, 0) is 27.9 Å². The van der Waals surface area contributed by atoms with Gasteiger partial charge in [0.2, 0.25) is 5.91 Å². The lowest BCUT2D eigenvalue weighted by atomic mass is 10.2. The van der Waals surface area contributed by atoms with Gasteiger partial charge in [-0.25, -0.2) is 13.2 Å². The Hall–Kier alpha value is -2.84. The zero-order valence-electron chi connectivity index (χ0n) is 15.0. The molecule has 0 atom stereocenters. The second-order valence-electron chi connectivity index (χ2n) is 6.19. The van der Waals surface area contributed by atoms with Crippen molar-refractivity contribution in [2.24, 2.45) is 0 Å². The number of aryl methyl sites for hydroxylation is 1. The van der Waals surface area contributed by atoms with Crippen molar-refractivity contribution >= 4 is 27.5 Å². The lowest BCUT2D eigenvalue weighted by molar-refractivity contribution is -0.121. The first kappa shape index (κ1) is 19.9. The largest absolute Gasteiger partial charge is 0.350 e. The molecule has 0 spiro atoms. The topological polar surface area (TPSA) is 90.2 Å². The van der Waals surface area contributed by atoms with Crippen LogP contribution in [0.2, 0.25) is 5.02 Å². The molecule has 0 aliphatic rings. The maximum absolute atomic E-state index is 12.6. The quantitative estimate of drug-likeness (QED) is 0.663. The van der Waals surface area contributed by atoms with Gasteiger partial charge in [0.25, 0.3) is 10.0 Å². The fourth-order valence-electron chi connectivity index (χ4n) is 2.57. The van der Waals surface area contributed by atoms with E-state index in [1.54, 1.807) is 36.4 Å². The zero-order valence-corrected chi connectivity index (χ0v) is 16.6. The SMILES string of the molecule is Cc1ccc(S(=O)(=O)n2ccn(CC(=O)NCc3ccccc3Cl)c2=O)cc1. The first-order valence-electron chi connectivity index (χ1n) is 8.39. The third kappa shape index (κ3) is 4.18. The Balaban J connectivity index is 1.74. The lowest BCUT2D eigenvalue weighted by Crippen LogP contribution is -2.34. The standard InChI is InChI=1S/C19H18ClN3O4S/c1-14-6-8-16(9-7-14)28(26,27)23-11-10-22(19(23)25)13-18(24)21-12-15-4-2-3-5-17(15)20/h2-11H,12-13H2,1H3,(H,21,24). The molecular weight excluding hydrogens is 402 g/mol. The summed E-state index contributed by atoms with van der Waals surface area (Å²) in [6.45, 7) is 1.73. The molecule has 0 bridgehead atoms. The molecule has 0 unspecified atom stereocenters. The normalized spacial score (nSPS) is 11.4. The van der Waals surface area contributed by atoms with Crippen molar-refractivity contribution in [2.75, 3.05) is 0 Å². The van der Waals surface area contributed by atoms with E-state index in [0.717, 1.165) is 21.9 Å². The third-order valence-electron chi connectivity index (χ3n) is 4.14. The number of benzene rings is 2. The van der Waals surface area contributed by atoms with E-state index in [2.05, 4.69) is 5.32 Å². The molecule has 1 N–H and O–H groups in total. The Labute approximate surface area is 167 Å². The van der Waals surface area contributed by atoms with E-state index in [1.165, 1.54) is 18.3 Å². The monoisotopic (exact) mass is 419 g/mol. The average molecular weight is 420 g/mol. The molecule has 1 amide bonds. The Morgan fingerprint density at radius 3 is 2.43 bits per heavy atom. The van der Waals surface area contributed by atoms with Gasteiger partial charge in [-0.1, -0.05) is 47.5 Å². The minimum atomic E-state index is -4.03. The highest BCUT2D eigenvalue weighted by Crippen LogP contribution is 2.14. The summed E-state index contributed by atoms with van der Waals surface area (Å²) in [5.74, 6) is -0.437. The van der Waals surface area contributed by atoms with Crippen molar-refractivity contribution in [3.63, 3.8) is 0 Å². The van der Waals surface area contributed by atoms with Crippen molar-refractivity contribution < 1.29 is 13.2 Å². The minimum Gasteiger partial charge on any atom is -0.350 e. The molecule has 0 fully saturated rings. The van der Waals surface area contributed by atoms with Crippen LogP contribution in [0.15, 0.2) is 70.6 Å². The Bertz CT molecular complexity index is 1160. The van der Waals surface area contributed by atoms with Gasteiger partial charge in [-0.05, 0) is 30.7 Å². The number of nitrogens with one attached hydrogen (secondary N) is 1. The number of hydrogen-bond donors (Lipinski definition) is 1. The van der Waals surface area contributed by atoms with E-state index >= 15 is 0 Å². The second kappa shape index (κ2) is 8.04. The predicted molar refractivity (Wildman–Crippen MR) is 106 cm³/mol. The number of hydrogen-bond acceptors (Lipinski definition) is 4. The number of nitrogens with zero attached hydrogens (tertiary/aromatic N) is 2. The number of imidazole rings is 1. The third-order valence-corrected chi connectivity index (χ3v) is 6.17. The number of rotatable bonds is 6. The highest BCUT2D eigenvalue weighted by Gasteiger charge is 2.21. The van der Waals surface area contributed by atoms with Gasteiger partial charge in [-0.2, -0.15) is 3.97 Å². The lowest BCUT2D eigenvalue weighted by Gasteiger charge is -2.07. The summed E-state index contributed by atoms with van der Waals surface area (Å²) >= 11 is 6.04. The Morgan fingerprint density at radius 2 is 1.75 bits per heavy atom. The van der Waals surface area contributed by atoms with E-state index < -0.39 is 21.6 Å². The molecule has 0 saturated carbocycles. The molecule has 1 aromatic heterocycles. The van der Waals surface area contributed by atoms with Crippen molar-refractivity contribution in [3.8, 4) is 0 Å². The maximum Gasteiger partial charge on any atom is 0.342 e. The summed E-state index contributed by atoms with van der Waals surface area (Å²) in [7, 11) is -4.03. The number of halogens is 1. The molecule has 9 heteroatoms. The van der Waals surface area contributed by atoms with Crippen molar-refractivity contribution in [1.29, 1.82) is 0 Å². The smallest absolute Gasteiger partial charge is 0.342 e. The van der Waals surface area contributed by atoms with Crippen LogP contribution in [0.5, 0.6) is 0 Å². The van der Waals surface area contributed by atoms with Crippen molar-refractivity contribution in [3.05, 3.63) is 87.6 Å². The summed E-state index contributed by atoms with van der Waals surface area (Å²) in [6, 6.07) is 13.2. The summed E-state index contributed by atoms with van der Waals surface area (Å²) in [5.41, 5.74) is 0.830. The molecule has 0 aliphatic heterocycles. The van der Waals surface area contributed by atoms with E-state index in [9.17, 15) is 18.0 Å². The van der Waals surface area contributed by atoms with Crippen LogP contribution >= 0.6 is 11.6 Å². The van der Waals surface area contributed by atoms with Gasteiger partial charge >= 0.3 is 5.69 Å². The molecule has 146 valence electrons. The number of aromatic nitrogens is 2. The first-order chi connectivity index (χ1) is 13.3. The van der Waals surface area contributed by atoms with E-state index in [1.807, 2.05) is 6.92 Å². The molecule has 7 nitrogen and oxygen atoms in total. The van der Waals surface area contributed by atoms with Gasteiger partial charge in [-0.3, -0.25) is 9.36 Å². The van der Waals surface area contributed by atoms with Gasteiger partial charge in [0.1, 0.15) is 6.54 Å². The zero-order chi connectivity index (χ0) is 20.3. The molecular formula is C19H18ClN3O4S. The van der Waals surface area contributed by atoms with Crippen LogP contribution in [0.3, 0.4) is 0 Å². The number of amides is 1. The molecule has 1 heterocycles. The predicted octanol–water partition coefficient (Wildman–Crippen LogP) is 2.17. The summed E-state index contributed by atoms with van der Waals surface area (Å²) in [6.07, 6.45) is 2.40. The fraction of sp³-hybridized carbons (Fsp3) is 0.158. The highest BCUT2D eigenvalue weighted by molar-refractivity contribution is 7.90. The molecule has 0 aliphatic carbocycles. The van der Waals surface area contributed by atoms with E-state index in [4.69, 9.17) is 11.6 Å². The van der Waals surface area contributed by atoms with Gasteiger partial charge in [0, 0.05) is 24.0 Å². The molecule has 0 saturated heterocycles. The highest BCUT2D eigenvalue weighted by atomic mass is 35.5. The van der Waals surface area contributed by atoms with Crippen molar-refractivity contribution in [2.45, 2.75) is 24.9 Å². The fourth-order valence-corrected chi connectivity index (χ4v) is 4.00.